The number of Topliss-reactive ketones (excluding diaryl/α,β-unsaturated/α-hetero) is 1. The summed E-state index contributed by atoms with van der Waals surface area (Å²) in [5.74, 6) is 0.724. The first kappa shape index (κ1) is 16.3. The highest BCUT2D eigenvalue weighted by atomic mass is 16.7. The molecule has 0 fully saturated rings. The zero-order valence-corrected chi connectivity index (χ0v) is 12.7. The van der Waals surface area contributed by atoms with Crippen LogP contribution in [-0.2, 0) is 9.53 Å². The molecule has 2 rings (SSSR count). The summed E-state index contributed by atoms with van der Waals surface area (Å²) in [6.07, 6.45) is 0.315. The van der Waals surface area contributed by atoms with E-state index < -0.39 is 0 Å². The smallest absolute Gasteiger partial charge is 0.231 e. The molecular weight excluding hydrogens is 288 g/mol. The van der Waals surface area contributed by atoms with Gasteiger partial charge in [0, 0.05) is 45.2 Å². The van der Waals surface area contributed by atoms with Crippen molar-refractivity contribution in [1.29, 1.82) is 0 Å². The predicted octanol–water partition coefficient (Wildman–Crippen LogP) is 1.18. The van der Waals surface area contributed by atoms with Crippen LogP contribution < -0.4 is 20.1 Å². The number of ether oxygens (including phenoxy) is 3. The van der Waals surface area contributed by atoms with Gasteiger partial charge in [-0.05, 0) is 6.07 Å². The summed E-state index contributed by atoms with van der Waals surface area (Å²) in [4.78, 5) is 23.7. The molecule has 0 saturated carbocycles. The van der Waals surface area contributed by atoms with Gasteiger partial charge >= 0.3 is 0 Å². The molecule has 0 unspecified atom stereocenters. The van der Waals surface area contributed by atoms with Crippen LogP contribution >= 0.6 is 0 Å². The van der Waals surface area contributed by atoms with Gasteiger partial charge in [0.15, 0.2) is 17.3 Å². The molecule has 2 N–H and O–H groups in total. The Labute approximate surface area is 128 Å². The van der Waals surface area contributed by atoms with E-state index in [2.05, 4.69) is 10.6 Å². The molecule has 120 valence electrons. The zero-order chi connectivity index (χ0) is 15.9. The van der Waals surface area contributed by atoms with Crippen molar-refractivity contribution in [2.75, 3.05) is 38.9 Å². The molecule has 22 heavy (non-hydrogen) atoms. The van der Waals surface area contributed by atoms with E-state index in [4.69, 9.17) is 14.2 Å². The third-order valence-corrected chi connectivity index (χ3v) is 3.14. The van der Waals surface area contributed by atoms with E-state index in [1.54, 1.807) is 19.2 Å². The Bertz CT molecular complexity index is 559. The minimum absolute atomic E-state index is 0.0769. The van der Waals surface area contributed by atoms with Crippen LogP contribution in [0, 0.1) is 0 Å². The van der Waals surface area contributed by atoms with Gasteiger partial charge in [-0.2, -0.15) is 0 Å². The van der Waals surface area contributed by atoms with Crippen LogP contribution in [0.4, 0.5) is 5.69 Å². The molecule has 0 aromatic heterocycles. The lowest BCUT2D eigenvalue weighted by Gasteiger charge is -2.11. The van der Waals surface area contributed by atoms with Crippen LogP contribution in [-0.4, -0.2) is 45.3 Å². The maximum absolute atomic E-state index is 12.4. The monoisotopic (exact) mass is 308 g/mol. The quantitative estimate of drug-likeness (QED) is 0.554. The number of methoxy groups -OCH3 is 1. The second kappa shape index (κ2) is 7.77. The first-order valence-electron chi connectivity index (χ1n) is 7.06. The number of amides is 1. The predicted molar refractivity (Wildman–Crippen MR) is 80.6 cm³/mol. The lowest BCUT2D eigenvalue weighted by molar-refractivity contribution is -0.114. The lowest BCUT2D eigenvalue weighted by atomic mass is 10.0. The number of rotatable bonds is 8. The molecule has 1 aromatic carbocycles. The highest BCUT2D eigenvalue weighted by molar-refractivity contribution is 6.05. The average Bonchev–Trinajstić information content (AvgIpc) is 2.92. The fourth-order valence-electron chi connectivity index (χ4n) is 2.10. The van der Waals surface area contributed by atoms with Gasteiger partial charge < -0.3 is 24.8 Å². The van der Waals surface area contributed by atoms with Crippen LogP contribution in [0.15, 0.2) is 12.1 Å². The second-order valence-corrected chi connectivity index (χ2v) is 4.85. The second-order valence-electron chi connectivity index (χ2n) is 4.85. The summed E-state index contributed by atoms with van der Waals surface area (Å²) in [5, 5.41) is 5.77. The summed E-state index contributed by atoms with van der Waals surface area (Å²) in [6, 6.07) is 3.24. The largest absolute Gasteiger partial charge is 0.454 e. The van der Waals surface area contributed by atoms with Gasteiger partial charge in [-0.15, -0.1) is 0 Å². The molecule has 1 heterocycles. The van der Waals surface area contributed by atoms with E-state index in [1.807, 2.05) is 0 Å². The average molecular weight is 308 g/mol. The van der Waals surface area contributed by atoms with Crippen molar-refractivity contribution in [3.05, 3.63) is 17.7 Å². The van der Waals surface area contributed by atoms with E-state index in [-0.39, 0.29) is 18.5 Å². The van der Waals surface area contributed by atoms with E-state index >= 15 is 0 Å². The van der Waals surface area contributed by atoms with Crippen molar-refractivity contribution < 1.29 is 23.8 Å². The van der Waals surface area contributed by atoms with Crippen LogP contribution in [0.25, 0.3) is 0 Å². The summed E-state index contributed by atoms with van der Waals surface area (Å²) in [7, 11) is 1.62. The summed E-state index contributed by atoms with van der Waals surface area (Å²) in [5.41, 5.74) is 0.867. The van der Waals surface area contributed by atoms with Gasteiger partial charge in [-0.1, -0.05) is 0 Å². The van der Waals surface area contributed by atoms with Gasteiger partial charge in [0.05, 0.1) is 12.3 Å². The zero-order valence-electron chi connectivity index (χ0n) is 12.7. The van der Waals surface area contributed by atoms with Crippen molar-refractivity contribution in [3.8, 4) is 11.5 Å². The summed E-state index contributed by atoms with van der Waals surface area (Å²) >= 11 is 0. The van der Waals surface area contributed by atoms with Crippen LogP contribution in [0.2, 0.25) is 0 Å². The van der Waals surface area contributed by atoms with Crippen LogP contribution in [0.3, 0.4) is 0 Å². The Kier molecular flexibility index (Phi) is 5.74. The van der Waals surface area contributed by atoms with Gasteiger partial charge in [0.25, 0.3) is 0 Å². The maximum atomic E-state index is 12.4. The Morgan fingerprint density at radius 2 is 1.95 bits per heavy atom. The van der Waals surface area contributed by atoms with Gasteiger partial charge in [0.1, 0.15) is 0 Å². The summed E-state index contributed by atoms with van der Waals surface area (Å²) in [6.45, 7) is 3.32. The third kappa shape index (κ3) is 4.19. The number of benzene rings is 1. The Hall–Kier alpha value is -2.12. The van der Waals surface area contributed by atoms with Gasteiger partial charge in [0.2, 0.25) is 12.7 Å². The minimum Gasteiger partial charge on any atom is -0.454 e. The highest BCUT2D eigenvalue weighted by Gasteiger charge is 2.21. The molecule has 0 saturated heterocycles. The van der Waals surface area contributed by atoms with Crippen molar-refractivity contribution >= 4 is 17.4 Å². The number of hydrogen-bond donors (Lipinski definition) is 2. The Balaban J connectivity index is 2.07. The number of anilines is 1. The molecular formula is C15H20N2O5. The highest BCUT2D eigenvalue weighted by Crippen LogP contribution is 2.37. The van der Waals surface area contributed by atoms with Crippen molar-refractivity contribution in [1.82, 2.24) is 5.32 Å². The standard InChI is InChI=1S/C15H20N2O5/c1-10(18)17-12-8-15-14(21-9-22-15)7-11(12)13(19)3-4-16-5-6-20-2/h7-8,16H,3-6,9H2,1-2H3,(H,17,18). The van der Waals surface area contributed by atoms with E-state index in [9.17, 15) is 9.59 Å². The Morgan fingerprint density at radius 1 is 1.23 bits per heavy atom. The molecule has 7 nitrogen and oxygen atoms in total. The van der Waals surface area contributed by atoms with Crippen LogP contribution in [0.5, 0.6) is 11.5 Å². The third-order valence-electron chi connectivity index (χ3n) is 3.14. The van der Waals surface area contributed by atoms with Gasteiger partial charge in [-0.25, -0.2) is 0 Å². The molecule has 1 amide bonds. The molecule has 0 bridgehead atoms. The van der Waals surface area contributed by atoms with Crippen molar-refractivity contribution in [2.45, 2.75) is 13.3 Å². The molecule has 0 aliphatic carbocycles. The number of ketones is 1. The number of nitrogens with one attached hydrogen (secondary N) is 2. The van der Waals surface area contributed by atoms with E-state index in [0.29, 0.717) is 48.9 Å². The number of carbonyl (C=O) groups excluding carboxylic acids is 2. The molecule has 1 aliphatic rings. The Morgan fingerprint density at radius 3 is 2.64 bits per heavy atom. The number of fused-ring (bicyclic) bond motifs is 1. The molecule has 1 aromatic rings. The molecule has 1 aliphatic heterocycles. The maximum Gasteiger partial charge on any atom is 0.231 e. The first-order chi connectivity index (χ1) is 10.6. The van der Waals surface area contributed by atoms with Gasteiger partial charge in [-0.3, -0.25) is 9.59 Å². The fraction of sp³-hybridized carbons (Fsp3) is 0.467. The fourth-order valence-corrected chi connectivity index (χ4v) is 2.10. The normalized spacial score (nSPS) is 12.3. The topological polar surface area (TPSA) is 85.9 Å². The van der Waals surface area contributed by atoms with Crippen molar-refractivity contribution in [2.24, 2.45) is 0 Å². The molecule has 0 spiro atoms. The summed E-state index contributed by atoms with van der Waals surface area (Å²) < 4.78 is 15.5. The van der Waals surface area contributed by atoms with E-state index in [0.717, 1.165) is 0 Å². The SMILES string of the molecule is COCCNCCC(=O)c1cc2c(cc1NC(C)=O)OCO2. The molecule has 0 radical (unpaired) electrons. The van der Waals surface area contributed by atoms with Crippen molar-refractivity contribution in [3.63, 3.8) is 0 Å². The molecule has 7 heteroatoms. The molecule has 0 atom stereocenters. The number of carbonyl (C=O) groups is 2. The first-order valence-corrected chi connectivity index (χ1v) is 7.06. The van der Waals surface area contributed by atoms with E-state index in [1.165, 1.54) is 6.92 Å². The number of hydrogen-bond acceptors (Lipinski definition) is 6. The minimum atomic E-state index is -0.244. The lowest BCUT2D eigenvalue weighted by Crippen LogP contribution is -2.22. The van der Waals surface area contributed by atoms with Crippen LogP contribution in [0.1, 0.15) is 23.7 Å².